The van der Waals surface area contributed by atoms with E-state index in [0.717, 1.165) is 23.6 Å². The van der Waals surface area contributed by atoms with Crippen LogP contribution in [0, 0.1) is 6.92 Å². The Morgan fingerprint density at radius 2 is 2.06 bits per heavy atom. The summed E-state index contributed by atoms with van der Waals surface area (Å²) in [6.45, 7) is 2.00. The molecule has 0 fully saturated rings. The van der Waals surface area contributed by atoms with Gasteiger partial charge in [-0.3, -0.25) is 0 Å². The van der Waals surface area contributed by atoms with E-state index in [1.54, 1.807) is 18.4 Å². The summed E-state index contributed by atoms with van der Waals surface area (Å²) in [6, 6.07) is 8.22. The van der Waals surface area contributed by atoms with E-state index in [2.05, 4.69) is 17.1 Å². The highest BCUT2D eigenvalue weighted by Gasteiger charge is 2.09. The summed E-state index contributed by atoms with van der Waals surface area (Å²) in [5, 5.41) is 1.07. The zero-order valence-corrected chi connectivity index (χ0v) is 11.5. The maximum atomic E-state index is 6.16. The Labute approximate surface area is 112 Å². The average Bonchev–Trinajstić information content (AvgIpc) is 2.83. The molecule has 0 spiro atoms. The summed E-state index contributed by atoms with van der Waals surface area (Å²) < 4.78 is 5.14. The standard InChI is InChI=1S/C14H18N2OS/c1-10-16-9-14(18-10)13(15)8-5-11-3-6-12(17-2)7-4-11/h3-4,6-7,9,13H,5,8,15H2,1-2H3. The maximum absolute atomic E-state index is 6.16. The van der Waals surface area contributed by atoms with Crippen molar-refractivity contribution in [1.29, 1.82) is 0 Å². The molecule has 1 heterocycles. The number of aryl methyl sites for hydroxylation is 2. The maximum Gasteiger partial charge on any atom is 0.118 e. The molecule has 0 aliphatic rings. The smallest absolute Gasteiger partial charge is 0.118 e. The monoisotopic (exact) mass is 262 g/mol. The van der Waals surface area contributed by atoms with E-state index in [1.807, 2.05) is 25.3 Å². The molecular weight excluding hydrogens is 244 g/mol. The number of benzene rings is 1. The lowest BCUT2D eigenvalue weighted by Crippen LogP contribution is -2.09. The quantitative estimate of drug-likeness (QED) is 0.900. The first-order valence-corrected chi connectivity index (χ1v) is 6.81. The summed E-state index contributed by atoms with van der Waals surface area (Å²) in [4.78, 5) is 5.40. The van der Waals surface area contributed by atoms with E-state index >= 15 is 0 Å². The second-order valence-electron chi connectivity index (χ2n) is 4.27. The summed E-state index contributed by atoms with van der Waals surface area (Å²) in [6.07, 6.45) is 3.80. The van der Waals surface area contributed by atoms with Crippen LogP contribution in [-0.2, 0) is 6.42 Å². The van der Waals surface area contributed by atoms with Crippen LogP contribution >= 0.6 is 11.3 Å². The van der Waals surface area contributed by atoms with Gasteiger partial charge in [0.05, 0.1) is 12.1 Å². The van der Waals surface area contributed by atoms with Gasteiger partial charge in [0.25, 0.3) is 0 Å². The van der Waals surface area contributed by atoms with Gasteiger partial charge in [0.2, 0.25) is 0 Å². The molecular formula is C14H18N2OS. The number of methoxy groups -OCH3 is 1. The van der Waals surface area contributed by atoms with Crippen LogP contribution in [0.25, 0.3) is 0 Å². The molecule has 4 heteroatoms. The lowest BCUT2D eigenvalue weighted by atomic mass is 10.1. The topological polar surface area (TPSA) is 48.1 Å². The normalized spacial score (nSPS) is 12.4. The molecule has 0 saturated heterocycles. The Morgan fingerprint density at radius 3 is 2.61 bits per heavy atom. The van der Waals surface area contributed by atoms with Crippen molar-refractivity contribution in [3.8, 4) is 5.75 Å². The zero-order valence-electron chi connectivity index (χ0n) is 10.7. The Hall–Kier alpha value is -1.39. The van der Waals surface area contributed by atoms with Crippen molar-refractivity contribution in [1.82, 2.24) is 4.98 Å². The Bertz CT molecular complexity index is 493. The van der Waals surface area contributed by atoms with E-state index in [1.165, 1.54) is 10.4 Å². The van der Waals surface area contributed by atoms with Gasteiger partial charge in [-0.25, -0.2) is 4.98 Å². The van der Waals surface area contributed by atoms with Crippen molar-refractivity contribution in [3.05, 3.63) is 45.9 Å². The van der Waals surface area contributed by atoms with Crippen LogP contribution in [0.2, 0.25) is 0 Å². The van der Waals surface area contributed by atoms with Crippen LogP contribution in [0.4, 0.5) is 0 Å². The first-order chi connectivity index (χ1) is 8.69. The van der Waals surface area contributed by atoms with Gasteiger partial charge in [-0.15, -0.1) is 11.3 Å². The molecule has 2 N–H and O–H groups in total. The number of rotatable bonds is 5. The minimum Gasteiger partial charge on any atom is -0.497 e. The highest BCUT2D eigenvalue weighted by Crippen LogP contribution is 2.23. The van der Waals surface area contributed by atoms with Gasteiger partial charge in [0.15, 0.2) is 0 Å². The van der Waals surface area contributed by atoms with Gasteiger partial charge in [-0.1, -0.05) is 12.1 Å². The molecule has 1 atom stereocenters. The van der Waals surface area contributed by atoms with Crippen molar-refractivity contribution in [2.45, 2.75) is 25.8 Å². The van der Waals surface area contributed by atoms with Gasteiger partial charge in [0.1, 0.15) is 5.75 Å². The van der Waals surface area contributed by atoms with E-state index in [0.29, 0.717) is 0 Å². The third-order valence-corrected chi connectivity index (χ3v) is 3.95. The highest BCUT2D eigenvalue weighted by molar-refractivity contribution is 7.11. The van der Waals surface area contributed by atoms with Crippen molar-refractivity contribution < 1.29 is 4.74 Å². The van der Waals surface area contributed by atoms with Crippen molar-refractivity contribution >= 4 is 11.3 Å². The predicted molar refractivity (Wildman–Crippen MR) is 75.1 cm³/mol. The molecule has 1 aromatic carbocycles. The fourth-order valence-corrected chi connectivity index (χ4v) is 2.63. The number of aromatic nitrogens is 1. The SMILES string of the molecule is COc1ccc(CCC(N)c2cnc(C)s2)cc1. The summed E-state index contributed by atoms with van der Waals surface area (Å²) in [5.74, 6) is 0.890. The molecule has 2 aromatic rings. The molecule has 3 nitrogen and oxygen atoms in total. The van der Waals surface area contributed by atoms with Crippen LogP contribution in [-0.4, -0.2) is 12.1 Å². The molecule has 0 aliphatic carbocycles. The number of nitrogens with two attached hydrogens (primary N) is 1. The first kappa shape index (κ1) is 13.1. The molecule has 0 aliphatic heterocycles. The zero-order chi connectivity index (χ0) is 13.0. The van der Waals surface area contributed by atoms with Crippen LogP contribution in [0.3, 0.4) is 0 Å². The molecule has 1 aromatic heterocycles. The molecule has 0 bridgehead atoms. The Morgan fingerprint density at radius 1 is 1.33 bits per heavy atom. The van der Waals surface area contributed by atoms with Crippen molar-refractivity contribution in [2.24, 2.45) is 5.73 Å². The minimum absolute atomic E-state index is 0.0818. The Balaban J connectivity index is 1.90. The van der Waals surface area contributed by atoms with Crippen molar-refractivity contribution in [2.75, 3.05) is 7.11 Å². The number of hydrogen-bond donors (Lipinski definition) is 1. The van der Waals surface area contributed by atoms with Crippen molar-refractivity contribution in [3.63, 3.8) is 0 Å². The molecule has 0 amide bonds. The van der Waals surface area contributed by atoms with Crippen LogP contribution in [0.1, 0.15) is 27.9 Å². The minimum atomic E-state index is 0.0818. The second kappa shape index (κ2) is 5.98. The average molecular weight is 262 g/mol. The molecule has 2 rings (SSSR count). The lowest BCUT2D eigenvalue weighted by molar-refractivity contribution is 0.414. The molecule has 1 unspecified atom stereocenters. The van der Waals surface area contributed by atoms with E-state index in [9.17, 15) is 0 Å². The fourth-order valence-electron chi connectivity index (χ4n) is 1.81. The van der Waals surface area contributed by atoms with Gasteiger partial charge in [-0.2, -0.15) is 0 Å². The number of nitrogens with zero attached hydrogens (tertiary/aromatic N) is 1. The van der Waals surface area contributed by atoms with E-state index in [-0.39, 0.29) is 6.04 Å². The van der Waals surface area contributed by atoms with Gasteiger partial charge in [0, 0.05) is 17.1 Å². The molecule has 0 saturated carbocycles. The lowest BCUT2D eigenvalue weighted by Gasteiger charge is -2.09. The third kappa shape index (κ3) is 3.31. The molecule has 96 valence electrons. The fraction of sp³-hybridized carbons (Fsp3) is 0.357. The first-order valence-electron chi connectivity index (χ1n) is 6.00. The summed E-state index contributed by atoms with van der Waals surface area (Å²) in [5.41, 5.74) is 7.44. The van der Waals surface area contributed by atoms with Crippen LogP contribution in [0.15, 0.2) is 30.5 Å². The number of ether oxygens (including phenoxy) is 1. The van der Waals surface area contributed by atoms with Gasteiger partial charge < -0.3 is 10.5 Å². The predicted octanol–water partition coefficient (Wildman–Crippen LogP) is 3.09. The largest absolute Gasteiger partial charge is 0.497 e. The van der Waals surface area contributed by atoms with Crippen LogP contribution < -0.4 is 10.5 Å². The van der Waals surface area contributed by atoms with Crippen LogP contribution in [0.5, 0.6) is 5.75 Å². The molecule has 0 radical (unpaired) electrons. The summed E-state index contributed by atoms with van der Waals surface area (Å²) in [7, 11) is 1.68. The van der Waals surface area contributed by atoms with E-state index < -0.39 is 0 Å². The molecule has 18 heavy (non-hydrogen) atoms. The number of hydrogen-bond acceptors (Lipinski definition) is 4. The number of thiazole rings is 1. The van der Waals surface area contributed by atoms with E-state index in [4.69, 9.17) is 10.5 Å². The van der Waals surface area contributed by atoms with Gasteiger partial charge >= 0.3 is 0 Å². The Kier molecular flexibility index (Phi) is 4.33. The summed E-state index contributed by atoms with van der Waals surface area (Å²) >= 11 is 1.68. The third-order valence-electron chi connectivity index (χ3n) is 2.91. The second-order valence-corrected chi connectivity index (χ2v) is 5.54. The highest BCUT2D eigenvalue weighted by atomic mass is 32.1. The van der Waals surface area contributed by atoms with Gasteiger partial charge in [-0.05, 0) is 37.5 Å².